The summed E-state index contributed by atoms with van der Waals surface area (Å²) in [7, 11) is -1.74. The molecule has 1 saturated carbocycles. The maximum Gasteiger partial charge on any atom is 0.282 e. The lowest BCUT2D eigenvalue weighted by molar-refractivity contribution is 0.156. The number of nitrogens with zero attached hydrogens (tertiary/aromatic N) is 2. The van der Waals surface area contributed by atoms with Crippen LogP contribution in [0.1, 0.15) is 32.1 Å². The number of ether oxygens (including phenoxy) is 2. The Morgan fingerprint density at radius 2 is 1.76 bits per heavy atom. The van der Waals surface area contributed by atoms with Gasteiger partial charge in [0.25, 0.3) is 10.2 Å². The topological polar surface area (TPSA) is 59.1 Å². The number of fused-ring (bicyclic) bond motifs is 2. The summed E-state index contributed by atoms with van der Waals surface area (Å²) < 4.78 is 40.8. The van der Waals surface area contributed by atoms with Gasteiger partial charge in [-0.3, -0.25) is 0 Å². The fraction of sp³-hybridized carbons (Fsp3) is 0.667. The van der Waals surface area contributed by atoms with Crippen LogP contribution < -0.4 is 9.47 Å². The number of methoxy groups -OCH3 is 1. The lowest BCUT2D eigenvalue weighted by atomic mass is 10.0. The van der Waals surface area contributed by atoms with Gasteiger partial charge in [-0.15, -0.1) is 0 Å². The lowest BCUT2D eigenvalue weighted by Gasteiger charge is -2.36. The molecule has 0 unspecified atom stereocenters. The fourth-order valence-electron chi connectivity index (χ4n) is 4.53. The van der Waals surface area contributed by atoms with Crippen molar-refractivity contribution in [3.63, 3.8) is 0 Å². The van der Waals surface area contributed by atoms with E-state index in [2.05, 4.69) is 0 Å². The Morgan fingerprint density at radius 1 is 1.08 bits per heavy atom. The van der Waals surface area contributed by atoms with Crippen molar-refractivity contribution in [2.45, 2.75) is 44.2 Å². The van der Waals surface area contributed by atoms with E-state index in [0.717, 1.165) is 43.6 Å². The van der Waals surface area contributed by atoms with Gasteiger partial charge in [-0.25, -0.2) is 0 Å². The first-order valence-corrected chi connectivity index (χ1v) is 10.5. The van der Waals surface area contributed by atoms with E-state index < -0.39 is 10.2 Å². The second-order valence-corrected chi connectivity index (χ2v) is 9.06. The zero-order chi connectivity index (χ0) is 17.4. The Hall–Kier alpha value is -1.31. The van der Waals surface area contributed by atoms with Gasteiger partial charge in [0.05, 0.1) is 13.2 Å². The van der Waals surface area contributed by atoms with Crippen LogP contribution in [0.15, 0.2) is 24.3 Å². The molecule has 4 rings (SSSR count). The summed E-state index contributed by atoms with van der Waals surface area (Å²) in [6.45, 7) is 1.73. The van der Waals surface area contributed by atoms with E-state index in [1.54, 1.807) is 15.7 Å². The SMILES string of the molecule is COc1ccc(OC[C@H]2[C@H]3CC[C@@H](C3)N2S(=O)(=O)N2CCCC2)cc1. The van der Waals surface area contributed by atoms with Crippen molar-refractivity contribution < 1.29 is 17.9 Å². The minimum Gasteiger partial charge on any atom is -0.497 e. The van der Waals surface area contributed by atoms with Gasteiger partial charge in [-0.1, -0.05) is 0 Å². The zero-order valence-electron chi connectivity index (χ0n) is 14.6. The molecular weight excluding hydrogens is 340 g/mol. The quantitative estimate of drug-likeness (QED) is 0.775. The molecule has 138 valence electrons. The molecule has 0 radical (unpaired) electrons. The number of piperidine rings is 1. The number of rotatable bonds is 6. The highest BCUT2D eigenvalue weighted by Crippen LogP contribution is 2.45. The van der Waals surface area contributed by atoms with Crippen molar-refractivity contribution >= 4 is 10.2 Å². The molecule has 0 amide bonds. The minimum atomic E-state index is -3.37. The van der Waals surface area contributed by atoms with E-state index in [9.17, 15) is 8.42 Å². The van der Waals surface area contributed by atoms with Crippen LogP contribution in [0.5, 0.6) is 11.5 Å². The van der Waals surface area contributed by atoms with Crippen molar-refractivity contribution in [3.05, 3.63) is 24.3 Å². The zero-order valence-corrected chi connectivity index (χ0v) is 15.5. The monoisotopic (exact) mass is 366 g/mol. The maximum absolute atomic E-state index is 13.1. The van der Waals surface area contributed by atoms with Gasteiger partial charge in [-0.05, 0) is 62.3 Å². The molecule has 6 nitrogen and oxygen atoms in total. The third-order valence-corrected chi connectivity index (χ3v) is 7.93. The molecule has 0 N–H and O–H groups in total. The van der Waals surface area contributed by atoms with E-state index >= 15 is 0 Å². The molecule has 25 heavy (non-hydrogen) atoms. The molecule has 2 aliphatic heterocycles. The van der Waals surface area contributed by atoms with Gasteiger partial charge >= 0.3 is 0 Å². The molecule has 2 heterocycles. The standard InChI is InChI=1S/C18H26N2O4S/c1-23-16-6-8-17(9-7-16)24-13-18-14-4-5-15(12-14)20(18)25(21,22)19-10-2-3-11-19/h6-9,14-15,18H,2-5,10-13H2,1H3/t14-,15-,18-/m0/s1. The second-order valence-electron chi connectivity index (χ2n) is 7.22. The van der Waals surface area contributed by atoms with Gasteiger partial charge < -0.3 is 9.47 Å². The molecule has 2 saturated heterocycles. The fourth-order valence-corrected chi connectivity index (χ4v) is 6.66. The predicted octanol–water partition coefficient (Wildman–Crippen LogP) is 2.27. The van der Waals surface area contributed by atoms with Gasteiger partial charge in [0.1, 0.15) is 18.1 Å². The highest BCUT2D eigenvalue weighted by molar-refractivity contribution is 7.86. The minimum absolute atomic E-state index is 0.0496. The van der Waals surface area contributed by atoms with Crippen molar-refractivity contribution in [2.75, 3.05) is 26.8 Å². The Kier molecular flexibility index (Phi) is 4.64. The molecule has 0 spiro atoms. The number of hydrogen-bond acceptors (Lipinski definition) is 4. The predicted molar refractivity (Wildman–Crippen MR) is 95.0 cm³/mol. The molecule has 3 aliphatic rings. The van der Waals surface area contributed by atoms with Crippen LogP contribution in [0.3, 0.4) is 0 Å². The highest BCUT2D eigenvalue weighted by atomic mass is 32.2. The van der Waals surface area contributed by atoms with E-state index in [1.807, 2.05) is 24.3 Å². The molecular formula is C18H26N2O4S. The van der Waals surface area contributed by atoms with Gasteiger partial charge in [0, 0.05) is 19.1 Å². The van der Waals surface area contributed by atoms with Crippen LogP contribution in [-0.4, -0.2) is 55.9 Å². The van der Waals surface area contributed by atoms with Crippen LogP contribution in [0.25, 0.3) is 0 Å². The smallest absolute Gasteiger partial charge is 0.282 e. The Labute approximate surface area is 149 Å². The molecule has 1 aromatic rings. The molecule has 2 bridgehead atoms. The molecule has 3 fully saturated rings. The van der Waals surface area contributed by atoms with E-state index in [1.165, 1.54) is 0 Å². The first-order valence-electron chi connectivity index (χ1n) is 9.15. The van der Waals surface area contributed by atoms with Crippen molar-refractivity contribution in [1.29, 1.82) is 0 Å². The Morgan fingerprint density at radius 3 is 2.44 bits per heavy atom. The van der Waals surface area contributed by atoms with Crippen LogP contribution in [0.2, 0.25) is 0 Å². The van der Waals surface area contributed by atoms with Gasteiger partial charge in [-0.2, -0.15) is 17.0 Å². The summed E-state index contributed by atoms with van der Waals surface area (Å²) in [6.07, 6.45) is 5.00. The van der Waals surface area contributed by atoms with Crippen LogP contribution in [0, 0.1) is 5.92 Å². The average molecular weight is 366 g/mol. The van der Waals surface area contributed by atoms with Crippen molar-refractivity contribution in [3.8, 4) is 11.5 Å². The molecule has 1 aliphatic carbocycles. The van der Waals surface area contributed by atoms with Crippen LogP contribution in [-0.2, 0) is 10.2 Å². The average Bonchev–Trinajstić information content (AvgIpc) is 3.36. The summed E-state index contributed by atoms with van der Waals surface area (Å²) in [5.41, 5.74) is 0. The normalized spacial score (nSPS) is 30.0. The molecule has 7 heteroatoms. The van der Waals surface area contributed by atoms with Crippen molar-refractivity contribution in [2.24, 2.45) is 5.92 Å². The summed E-state index contributed by atoms with van der Waals surface area (Å²) in [4.78, 5) is 0. The van der Waals surface area contributed by atoms with E-state index in [4.69, 9.17) is 9.47 Å². The second kappa shape index (κ2) is 6.78. The van der Waals surface area contributed by atoms with Crippen LogP contribution >= 0.6 is 0 Å². The highest BCUT2D eigenvalue weighted by Gasteiger charge is 2.53. The third-order valence-electron chi connectivity index (χ3n) is 5.81. The van der Waals surface area contributed by atoms with Crippen LogP contribution in [0.4, 0.5) is 0 Å². The van der Waals surface area contributed by atoms with Gasteiger partial charge in [0.15, 0.2) is 0 Å². The summed E-state index contributed by atoms with van der Waals surface area (Å²) >= 11 is 0. The lowest BCUT2D eigenvalue weighted by Crippen LogP contribution is -2.52. The number of hydrogen-bond donors (Lipinski definition) is 0. The Bertz CT molecular complexity index is 700. The first kappa shape index (κ1) is 17.1. The number of benzene rings is 1. The molecule has 0 aromatic heterocycles. The molecule has 3 atom stereocenters. The Balaban J connectivity index is 1.48. The van der Waals surface area contributed by atoms with Crippen molar-refractivity contribution in [1.82, 2.24) is 8.61 Å². The third kappa shape index (κ3) is 3.13. The molecule has 1 aromatic carbocycles. The van der Waals surface area contributed by atoms with E-state index in [-0.39, 0.29) is 12.1 Å². The summed E-state index contributed by atoms with van der Waals surface area (Å²) in [6, 6.07) is 7.55. The summed E-state index contributed by atoms with van der Waals surface area (Å²) in [5, 5.41) is 0. The van der Waals surface area contributed by atoms with Gasteiger partial charge in [0.2, 0.25) is 0 Å². The van der Waals surface area contributed by atoms with E-state index in [0.29, 0.717) is 25.6 Å². The first-order chi connectivity index (χ1) is 12.1. The summed E-state index contributed by atoms with van der Waals surface area (Å²) in [5.74, 6) is 1.95. The maximum atomic E-state index is 13.1. The largest absolute Gasteiger partial charge is 0.497 e.